The number of aromatic nitrogens is 2. The van der Waals surface area contributed by atoms with Crippen LogP contribution in [0.3, 0.4) is 0 Å². The van der Waals surface area contributed by atoms with E-state index in [0.29, 0.717) is 12.3 Å². The van der Waals surface area contributed by atoms with Crippen molar-refractivity contribution in [3.05, 3.63) is 77.6 Å². The first-order chi connectivity index (χ1) is 13.6. The number of nitrogens with zero attached hydrogens (tertiary/aromatic N) is 2. The zero-order valence-corrected chi connectivity index (χ0v) is 16.1. The molecule has 0 saturated carbocycles. The Balaban J connectivity index is 1.73. The topological polar surface area (TPSA) is 62.6 Å². The van der Waals surface area contributed by atoms with Gasteiger partial charge in [0, 0.05) is 18.8 Å². The molecule has 1 aromatic heterocycles. The fraction of sp³-hybridized carbons (Fsp3) is 0.182. The third kappa shape index (κ3) is 4.59. The van der Waals surface area contributed by atoms with Gasteiger partial charge in [-0.15, -0.1) is 0 Å². The molecular formula is C22H22N2O4. The summed E-state index contributed by atoms with van der Waals surface area (Å²) in [5.74, 6) is 2.13. The lowest BCUT2D eigenvalue weighted by Crippen LogP contribution is -2.03. The number of ketones is 1. The van der Waals surface area contributed by atoms with E-state index in [-0.39, 0.29) is 5.78 Å². The minimum absolute atomic E-state index is 0.105. The average molecular weight is 378 g/mol. The van der Waals surface area contributed by atoms with Crippen LogP contribution in [0.2, 0.25) is 0 Å². The predicted octanol–water partition coefficient (Wildman–Crippen LogP) is 3.91. The fourth-order valence-electron chi connectivity index (χ4n) is 2.72. The quantitative estimate of drug-likeness (QED) is 0.439. The molecule has 0 spiro atoms. The zero-order chi connectivity index (χ0) is 19.9. The molecule has 0 bridgehead atoms. The molecule has 28 heavy (non-hydrogen) atoms. The van der Waals surface area contributed by atoms with Gasteiger partial charge in [0.1, 0.15) is 29.5 Å². The molecule has 0 N–H and O–H groups in total. The maximum Gasteiger partial charge on any atom is 0.203 e. The van der Waals surface area contributed by atoms with Gasteiger partial charge in [0.05, 0.1) is 14.2 Å². The van der Waals surface area contributed by atoms with Crippen molar-refractivity contribution in [3.8, 4) is 17.2 Å². The molecule has 0 aliphatic carbocycles. The Morgan fingerprint density at radius 1 is 1.04 bits per heavy atom. The van der Waals surface area contributed by atoms with Gasteiger partial charge in [-0.1, -0.05) is 12.1 Å². The number of hydrogen-bond donors (Lipinski definition) is 0. The van der Waals surface area contributed by atoms with E-state index < -0.39 is 0 Å². The SMILES string of the molecule is COc1ccc(OCc2cc(/C=C/C(=O)c3ccnn3C)ccc2OC)cc1. The summed E-state index contributed by atoms with van der Waals surface area (Å²) in [7, 11) is 4.98. The molecule has 144 valence electrons. The Morgan fingerprint density at radius 2 is 1.79 bits per heavy atom. The monoisotopic (exact) mass is 378 g/mol. The highest BCUT2D eigenvalue weighted by Crippen LogP contribution is 2.24. The van der Waals surface area contributed by atoms with E-state index in [0.717, 1.165) is 28.4 Å². The largest absolute Gasteiger partial charge is 0.497 e. The van der Waals surface area contributed by atoms with Gasteiger partial charge >= 0.3 is 0 Å². The molecule has 0 unspecified atom stereocenters. The molecule has 0 atom stereocenters. The Bertz CT molecular complexity index is 974. The van der Waals surface area contributed by atoms with Crippen LogP contribution in [0, 0.1) is 0 Å². The van der Waals surface area contributed by atoms with E-state index in [4.69, 9.17) is 14.2 Å². The summed E-state index contributed by atoms with van der Waals surface area (Å²) < 4.78 is 18.0. The molecule has 0 saturated heterocycles. The Kier molecular flexibility index (Phi) is 6.11. The summed E-state index contributed by atoms with van der Waals surface area (Å²) >= 11 is 0. The van der Waals surface area contributed by atoms with Crippen molar-refractivity contribution >= 4 is 11.9 Å². The van der Waals surface area contributed by atoms with Crippen molar-refractivity contribution in [2.24, 2.45) is 7.05 Å². The molecule has 3 aromatic rings. The van der Waals surface area contributed by atoms with Crippen molar-refractivity contribution in [1.29, 1.82) is 0 Å². The van der Waals surface area contributed by atoms with Crippen molar-refractivity contribution in [1.82, 2.24) is 9.78 Å². The summed E-state index contributed by atoms with van der Waals surface area (Å²) in [6, 6.07) is 14.8. The third-order valence-electron chi connectivity index (χ3n) is 4.26. The molecule has 1 heterocycles. The Hall–Kier alpha value is -3.54. The highest BCUT2D eigenvalue weighted by atomic mass is 16.5. The summed E-state index contributed by atoms with van der Waals surface area (Å²) in [5, 5.41) is 4.01. The van der Waals surface area contributed by atoms with Crippen LogP contribution in [0.4, 0.5) is 0 Å². The number of aryl methyl sites for hydroxylation is 1. The van der Waals surface area contributed by atoms with E-state index in [1.807, 2.05) is 42.5 Å². The molecular weight excluding hydrogens is 356 g/mol. The van der Waals surface area contributed by atoms with Crippen molar-refractivity contribution in [2.75, 3.05) is 14.2 Å². The van der Waals surface area contributed by atoms with Gasteiger partial charge < -0.3 is 14.2 Å². The molecule has 0 radical (unpaired) electrons. The highest BCUT2D eigenvalue weighted by molar-refractivity contribution is 6.05. The van der Waals surface area contributed by atoms with Crippen LogP contribution < -0.4 is 14.2 Å². The normalized spacial score (nSPS) is 10.8. The van der Waals surface area contributed by atoms with Crippen LogP contribution in [0.1, 0.15) is 21.6 Å². The standard InChI is InChI=1S/C22H22N2O4/c1-24-20(12-13-23-24)21(25)10-4-16-5-11-22(27-3)17(14-16)15-28-19-8-6-18(26-2)7-9-19/h4-14H,15H2,1-3H3/b10-4+. The molecule has 0 fully saturated rings. The van der Waals surface area contributed by atoms with Crippen molar-refractivity contribution in [2.45, 2.75) is 6.61 Å². The van der Waals surface area contributed by atoms with Crippen molar-refractivity contribution < 1.29 is 19.0 Å². The van der Waals surface area contributed by atoms with Crippen LogP contribution in [-0.2, 0) is 13.7 Å². The van der Waals surface area contributed by atoms with Gasteiger partial charge in [0.2, 0.25) is 5.78 Å². The van der Waals surface area contributed by atoms with Gasteiger partial charge in [-0.25, -0.2) is 0 Å². The lowest BCUT2D eigenvalue weighted by Gasteiger charge is -2.11. The molecule has 0 aliphatic heterocycles. The number of methoxy groups -OCH3 is 2. The van der Waals surface area contributed by atoms with Crippen LogP contribution in [0.15, 0.2) is 60.8 Å². The number of allylic oxidation sites excluding steroid dienone is 1. The van der Waals surface area contributed by atoms with E-state index >= 15 is 0 Å². The van der Waals surface area contributed by atoms with Crippen molar-refractivity contribution in [3.63, 3.8) is 0 Å². The zero-order valence-electron chi connectivity index (χ0n) is 16.1. The van der Waals surface area contributed by atoms with Crippen LogP contribution in [0.25, 0.3) is 6.08 Å². The maximum atomic E-state index is 12.3. The van der Waals surface area contributed by atoms with E-state index in [1.165, 1.54) is 6.08 Å². The van der Waals surface area contributed by atoms with Crippen LogP contribution >= 0.6 is 0 Å². The van der Waals surface area contributed by atoms with E-state index in [1.54, 1.807) is 44.3 Å². The van der Waals surface area contributed by atoms with Gasteiger partial charge in [0.25, 0.3) is 0 Å². The molecule has 0 aliphatic rings. The second-order valence-electron chi connectivity index (χ2n) is 6.07. The average Bonchev–Trinajstić information content (AvgIpc) is 3.16. The smallest absolute Gasteiger partial charge is 0.203 e. The number of hydrogen-bond acceptors (Lipinski definition) is 5. The Morgan fingerprint density at radius 3 is 2.43 bits per heavy atom. The van der Waals surface area contributed by atoms with Gasteiger partial charge in [0.15, 0.2) is 0 Å². The fourth-order valence-corrected chi connectivity index (χ4v) is 2.72. The lowest BCUT2D eigenvalue weighted by molar-refractivity contribution is 0.103. The lowest BCUT2D eigenvalue weighted by atomic mass is 10.1. The molecule has 6 heteroatoms. The number of carbonyl (C=O) groups is 1. The summed E-state index contributed by atoms with van der Waals surface area (Å²) in [6.07, 6.45) is 4.90. The van der Waals surface area contributed by atoms with E-state index in [2.05, 4.69) is 5.10 Å². The first kappa shape index (κ1) is 19.2. The summed E-state index contributed by atoms with van der Waals surface area (Å²) in [5.41, 5.74) is 2.30. The first-order valence-corrected chi connectivity index (χ1v) is 8.75. The highest BCUT2D eigenvalue weighted by Gasteiger charge is 2.08. The molecule has 0 amide bonds. The minimum atomic E-state index is -0.105. The number of ether oxygens (including phenoxy) is 3. The number of benzene rings is 2. The first-order valence-electron chi connectivity index (χ1n) is 8.75. The Labute approximate surface area is 164 Å². The third-order valence-corrected chi connectivity index (χ3v) is 4.26. The van der Waals surface area contributed by atoms with Gasteiger partial charge in [-0.05, 0) is 54.1 Å². The molecule has 3 rings (SSSR count). The molecule has 2 aromatic carbocycles. The second kappa shape index (κ2) is 8.90. The maximum absolute atomic E-state index is 12.3. The molecule has 6 nitrogen and oxygen atoms in total. The summed E-state index contributed by atoms with van der Waals surface area (Å²) in [4.78, 5) is 12.3. The predicted molar refractivity (Wildman–Crippen MR) is 107 cm³/mol. The second-order valence-corrected chi connectivity index (χ2v) is 6.07. The minimum Gasteiger partial charge on any atom is -0.497 e. The van der Waals surface area contributed by atoms with E-state index in [9.17, 15) is 4.79 Å². The summed E-state index contributed by atoms with van der Waals surface area (Å²) in [6.45, 7) is 0.340. The van der Waals surface area contributed by atoms with Crippen LogP contribution in [0.5, 0.6) is 17.2 Å². The number of rotatable bonds is 8. The number of carbonyl (C=O) groups excluding carboxylic acids is 1. The van der Waals surface area contributed by atoms with Gasteiger partial charge in [-0.2, -0.15) is 5.10 Å². The van der Waals surface area contributed by atoms with Crippen LogP contribution in [-0.4, -0.2) is 29.8 Å². The van der Waals surface area contributed by atoms with Gasteiger partial charge in [-0.3, -0.25) is 9.48 Å².